The molecule has 2 N–H and O–H groups in total. The summed E-state index contributed by atoms with van der Waals surface area (Å²) in [4.78, 5) is 23.4. The fraction of sp³-hybridized carbons (Fsp3) is 0.333. The van der Waals surface area contributed by atoms with Gasteiger partial charge in [0.25, 0.3) is 0 Å². The molecule has 0 aromatic heterocycles. The van der Waals surface area contributed by atoms with E-state index < -0.39 is 11.8 Å². The van der Waals surface area contributed by atoms with E-state index in [1.165, 1.54) is 0 Å². The maximum absolute atomic E-state index is 12.0. The van der Waals surface area contributed by atoms with Crippen molar-refractivity contribution < 1.29 is 14.3 Å². The summed E-state index contributed by atoms with van der Waals surface area (Å²) in [7, 11) is 0. The molecule has 1 amide bonds. The number of carbonyl (C=O) groups excluding carboxylic acids is 2. The molecule has 1 aromatic carbocycles. The van der Waals surface area contributed by atoms with Crippen molar-refractivity contribution in [2.75, 3.05) is 6.61 Å². The first-order valence-corrected chi connectivity index (χ1v) is 6.44. The van der Waals surface area contributed by atoms with Gasteiger partial charge in [0.2, 0.25) is 5.91 Å². The van der Waals surface area contributed by atoms with Crippen LogP contribution in [0.2, 0.25) is 0 Å². The molecule has 2 aliphatic carbocycles. The molecule has 0 spiro atoms. The molecule has 0 radical (unpaired) electrons. The lowest BCUT2D eigenvalue weighted by molar-refractivity contribution is -0.118. The van der Waals surface area contributed by atoms with Gasteiger partial charge in [0.05, 0.1) is 18.1 Å². The largest absolute Gasteiger partial charge is 0.462 e. The Morgan fingerprint density at radius 1 is 1.32 bits per heavy atom. The predicted octanol–water partition coefficient (Wildman–Crippen LogP) is 1.85. The van der Waals surface area contributed by atoms with E-state index in [9.17, 15) is 9.59 Å². The summed E-state index contributed by atoms with van der Waals surface area (Å²) < 4.78 is 5.28. The van der Waals surface area contributed by atoms with Crippen LogP contribution >= 0.6 is 0 Å². The lowest BCUT2D eigenvalue weighted by Crippen LogP contribution is -2.19. The first kappa shape index (κ1) is 12.0. The summed E-state index contributed by atoms with van der Waals surface area (Å²) in [5, 5.41) is 0. The Morgan fingerprint density at radius 3 is 2.79 bits per heavy atom. The van der Waals surface area contributed by atoms with Crippen LogP contribution in [-0.4, -0.2) is 18.5 Å². The van der Waals surface area contributed by atoms with Gasteiger partial charge in [-0.25, -0.2) is 4.79 Å². The van der Waals surface area contributed by atoms with Gasteiger partial charge in [0.15, 0.2) is 0 Å². The summed E-state index contributed by atoms with van der Waals surface area (Å²) in [6, 6.07) is 5.31. The molecule has 4 heteroatoms. The number of amides is 1. The average molecular weight is 257 g/mol. The molecule has 1 unspecified atom stereocenters. The van der Waals surface area contributed by atoms with E-state index >= 15 is 0 Å². The van der Waals surface area contributed by atoms with Crippen LogP contribution in [-0.2, 0) is 9.53 Å². The van der Waals surface area contributed by atoms with Gasteiger partial charge in [0.1, 0.15) is 0 Å². The van der Waals surface area contributed by atoms with E-state index in [1.54, 1.807) is 24.3 Å². The van der Waals surface area contributed by atoms with Crippen molar-refractivity contribution in [1.29, 1.82) is 0 Å². The fourth-order valence-electron chi connectivity index (χ4n) is 2.32. The number of hydrogen-bond donors (Lipinski definition) is 1. The van der Waals surface area contributed by atoms with Crippen molar-refractivity contribution in [2.45, 2.75) is 18.8 Å². The van der Waals surface area contributed by atoms with E-state index in [0.29, 0.717) is 18.1 Å². The minimum atomic E-state index is -0.439. The molecule has 1 fully saturated rings. The third-order valence-electron chi connectivity index (χ3n) is 3.60. The monoisotopic (exact) mass is 257 g/mol. The molecule has 0 saturated heterocycles. The molecule has 0 heterocycles. The quantitative estimate of drug-likeness (QED) is 0.837. The summed E-state index contributed by atoms with van der Waals surface area (Å²) >= 11 is 0. The number of esters is 1. The van der Waals surface area contributed by atoms with Gasteiger partial charge in [-0.05, 0) is 36.0 Å². The van der Waals surface area contributed by atoms with Gasteiger partial charge >= 0.3 is 5.97 Å². The molecule has 19 heavy (non-hydrogen) atoms. The third-order valence-corrected chi connectivity index (χ3v) is 3.60. The molecule has 0 aliphatic heterocycles. The van der Waals surface area contributed by atoms with Crippen LogP contribution in [0.5, 0.6) is 0 Å². The first-order valence-electron chi connectivity index (χ1n) is 6.44. The zero-order valence-corrected chi connectivity index (χ0v) is 10.5. The minimum Gasteiger partial charge on any atom is -0.462 e. The summed E-state index contributed by atoms with van der Waals surface area (Å²) in [6.45, 7) is 0.492. The normalized spacial score (nSPS) is 20.1. The molecular formula is C15H15NO3. The third kappa shape index (κ3) is 2.26. The second-order valence-electron chi connectivity index (χ2n) is 5.09. The van der Waals surface area contributed by atoms with E-state index in [1.807, 2.05) is 6.07 Å². The Morgan fingerprint density at radius 2 is 2.11 bits per heavy atom. The Hall–Kier alpha value is -2.10. The van der Waals surface area contributed by atoms with Gasteiger partial charge in [-0.3, -0.25) is 4.79 Å². The number of primary amides is 1. The standard InChI is InChI=1S/C15H15NO3/c16-14(17)12-7-6-11-10(12)2-1-3-13(11)15(18)19-8-9-4-5-9/h1-3,6-7,9,12H,4-5,8H2,(H2,16,17). The number of ether oxygens (including phenoxy) is 1. The van der Waals surface area contributed by atoms with Crippen molar-refractivity contribution in [3.63, 3.8) is 0 Å². The van der Waals surface area contributed by atoms with Crippen molar-refractivity contribution in [3.8, 4) is 0 Å². The number of benzene rings is 1. The molecule has 1 atom stereocenters. The number of hydrogen-bond acceptors (Lipinski definition) is 3. The van der Waals surface area contributed by atoms with Gasteiger partial charge in [-0.2, -0.15) is 0 Å². The Bertz CT molecular complexity index is 573. The summed E-state index contributed by atoms with van der Waals surface area (Å²) in [6.07, 6.45) is 5.79. The smallest absolute Gasteiger partial charge is 0.338 e. The molecular weight excluding hydrogens is 242 g/mol. The van der Waals surface area contributed by atoms with Gasteiger partial charge in [-0.1, -0.05) is 24.3 Å². The molecule has 1 saturated carbocycles. The van der Waals surface area contributed by atoms with E-state index in [-0.39, 0.29) is 5.97 Å². The molecule has 1 aromatic rings. The highest BCUT2D eigenvalue weighted by Crippen LogP contribution is 2.33. The number of carbonyl (C=O) groups is 2. The minimum absolute atomic E-state index is 0.321. The van der Waals surface area contributed by atoms with Gasteiger partial charge in [-0.15, -0.1) is 0 Å². The molecule has 4 nitrogen and oxygen atoms in total. The van der Waals surface area contributed by atoms with Crippen LogP contribution in [0, 0.1) is 5.92 Å². The van der Waals surface area contributed by atoms with Crippen molar-refractivity contribution >= 4 is 18.0 Å². The van der Waals surface area contributed by atoms with Crippen LogP contribution in [0.25, 0.3) is 6.08 Å². The molecule has 0 bridgehead atoms. The fourth-order valence-corrected chi connectivity index (χ4v) is 2.32. The highest BCUT2D eigenvalue weighted by atomic mass is 16.5. The Kier molecular flexibility index (Phi) is 2.85. The lowest BCUT2D eigenvalue weighted by Gasteiger charge is -2.10. The highest BCUT2D eigenvalue weighted by Gasteiger charge is 2.27. The zero-order chi connectivity index (χ0) is 13.4. The van der Waals surface area contributed by atoms with Crippen molar-refractivity contribution in [1.82, 2.24) is 0 Å². The lowest BCUT2D eigenvalue weighted by atomic mass is 9.97. The molecule has 3 rings (SSSR count). The average Bonchev–Trinajstić information content (AvgIpc) is 3.12. The Balaban J connectivity index is 1.84. The van der Waals surface area contributed by atoms with Gasteiger partial charge < -0.3 is 10.5 Å². The van der Waals surface area contributed by atoms with E-state index in [4.69, 9.17) is 10.5 Å². The second kappa shape index (κ2) is 4.53. The van der Waals surface area contributed by atoms with Gasteiger partial charge in [0, 0.05) is 0 Å². The molecule has 98 valence electrons. The summed E-state index contributed by atoms with van der Waals surface area (Å²) in [5.74, 6) is -0.627. The topological polar surface area (TPSA) is 69.4 Å². The number of fused-ring (bicyclic) bond motifs is 1. The van der Waals surface area contributed by atoms with Crippen LogP contribution in [0.15, 0.2) is 24.3 Å². The van der Waals surface area contributed by atoms with E-state index in [2.05, 4.69) is 0 Å². The predicted molar refractivity (Wildman–Crippen MR) is 70.4 cm³/mol. The van der Waals surface area contributed by atoms with Crippen molar-refractivity contribution in [3.05, 3.63) is 41.0 Å². The summed E-state index contributed by atoms with van der Waals surface area (Å²) in [5.41, 5.74) is 7.39. The van der Waals surface area contributed by atoms with Crippen LogP contribution < -0.4 is 5.73 Å². The number of nitrogens with two attached hydrogens (primary N) is 1. The maximum atomic E-state index is 12.0. The SMILES string of the molecule is NC(=O)C1C=Cc2c(C(=O)OCC3CC3)cccc21. The highest BCUT2D eigenvalue weighted by molar-refractivity contribution is 5.98. The van der Waals surface area contributed by atoms with E-state index in [0.717, 1.165) is 24.0 Å². The second-order valence-corrected chi connectivity index (χ2v) is 5.09. The Labute approximate surface area is 111 Å². The zero-order valence-electron chi connectivity index (χ0n) is 10.5. The van der Waals surface area contributed by atoms with Crippen LogP contribution in [0.4, 0.5) is 0 Å². The van der Waals surface area contributed by atoms with Crippen molar-refractivity contribution in [2.24, 2.45) is 11.7 Å². The molecule has 2 aliphatic rings. The van der Waals surface area contributed by atoms with Crippen LogP contribution in [0.1, 0.15) is 40.2 Å². The first-order chi connectivity index (χ1) is 9.16. The number of rotatable bonds is 4. The van der Waals surface area contributed by atoms with Crippen LogP contribution in [0.3, 0.4) is 0 Å². The maximum Gasteiger partial charge on any atom is 0.338 e.